The molecule has 164 valence electrons. The van der Waals surface area contributed by atoms with Gasteiger partial charge in [-0.2, -0.15) is 4.31 Å². The van der Waals surface area contributed by atoms with Crippen LogP contribution in [0.15, 0.2) is 46.0 Å². The molecule has 1 aliphatic rings. The fourth-order valence-electron chi connectivity index (χ4n) is 3.57. The molecule has 3 aromatic rings. The molecule has 0 atom stereocenters. The number of sulfonamides is 1. The number of thiazole rings is 1. The van der Waals surface area contributed by atoms with E-state index in [0.29, 0.717) is 35.3 Å². The van der Waals surface area contributed by atoms with Crippen LogP contribution in [0.1, 0.15) is 17.7 Å². The molecule has 7 nitrogen and oxygen atoms in total. The number of aromatic nitrogens is 1. The lowest BCUT2D eigenvalue weighted by molar-refractivity contribution is -0.120. The molecule has 0 aliphatic carbocycles. The van der Waals surface area contributed by atoms with Gasteiger partial charge >= 0.3 is 0 Å². The van der Waals surface area contributed by atoms with E-state index in [1.807, 2.05) is 31.2 Å². The van der Waals surface area contributed by atoms with Gasteiger partial charge in [-0.3, -0.25) is 4.79 Å². The van der Waals surface area contributed by atoms with Crippen molar-refractivity contribution in [3.63, 3.8) is 0 Å². The molecule has 1 N–H and O–H groups in total. The highest BCUT2D eigenvalue weighted by atomic mass is 32.2. The second-order valence-electron chi connectivity index (χ2n) is 7.25. The molecule has 1 aromatic carbocycles. The van der Waals surface area contributed by atoms with E-state index in [4.69, 9.17) is 4.74 Å². The van der Waals surface area contributed by atoms with E-state index in [9.17, 15) is 13.2 Å². The molecular formula is C21H23N3O4S3. The first-order valence-corrected chi connectivity index (χ1v) is 13.0. The number of benzene rings is 1. The summed E-state index contributed by atoms with van der Waals surface area (Å²) in [5.41, 5.74) is 1.79. The van der Waals surface area contributed by atoms with Crippen LogP contribution in [0.4, 0.5) is 5.13 Å². The van der Waals surface area contributed by atoms with E-state index in [2.05, 4.69) is 10.3 Å². The van der Waals surface area contributed by atoms with Crippen molar-refractivity contribution in [2.24, 2.45) is 5.92 Å². The quantitative estimate of drug-likeness (QED) is 0.574. The Labute approximate surface area is 189 Å². The third kappa shape index (κ3) is 4.67. The van der Waals surface area contributed by atoms with Crippen LogP contribution in [0.3, 0.4) is 0 Å². The Morgan fingerprint density at radius 2 is 1.90 bits per heavy atom. The molecule has 0 saturated carbocycles. The second kappa shape index (κ2) is 9.07. The molecule has 10 heteroatoms. The first-order valence-electron chi connectivity index (χ1n) is 9.85. The van der Waals surface area contributed by atoms with Crippen LogP contribution in [0.25, 0.3) is 11.3 Å². The predicted octanol–water partition coefficient (Wildman–Crippen LogP) is 4.23. The lowest BCUT2D eigenvalue weighted by Crippen LogP contribution is -2.41. The molecule has 1 aliphatic heterocycles. The number of hydrogen-bond acceptors (Lipinski definition) is 7. The Kier molecular flexibility index (Phi) is 6.42. The SMILES string of the molecule is COc1ccc(-c2nc(NC(=O)C3CCN(S(=O)(=O)c4cccs4)CC3)sc2C)cc1. The van der Waals surface area contributed by atoms with Crippen LogP contribution >= 0.6 is 22.7 Å². The van der Waals surface area contributed by atoms with Gasteiger partial charge in [0.25, 0.3) is 10.0 Å². The number of piperidine rings is 1. The summed E-state index contributed by atoms with van der Waals surface area (Å²) in [4.78, 5) is 18.4. The maximum absolute atomic E-state index is 12.8. The van der Waals surface area contributed by atoms with Crippen molar-refractivity contribution < 1.29 is 17.9 Å². The molecule has 4 rings (SSSR count). The van der Waals surface area contributed by atoms with Crippen molar-refractivity contribution in [2.75, 3.05) is 25.5 Å². The highest BCUT2D eigenvalue weighted by molar-refractivity contribution is 7.91. The molecule has 0 radical (unpaired) electrons. The van der Waals surface area contributed by atoms with Gasteiger partial charge < -0.3 is 10.1 Å². The molecule has 0 bridgehead atoms. The van der Waals surface area contributed by atoms with Crippen LogP contribution in [0.2, 0.25) is 0 Å². The summed E-state index contributed by atoms with van der Waals surface area (Å²) in [5.74, 6) is 0.434. The number of thiophene rings is 1. The van der Waals surface area contributed by atoms with Gasteiger partial charge in [0.15, 0.2) is 5.13 Å². The zero-order valence-electron chi connectivity index (χ0n) is 17.2. The largest absolute Gasteiger partial charge is 0.497 e. The number of rotatable bonds is 6. The monoisotopic (exact) mass is 477 g/mol. The number of nitrogens with one attached hydrogen (secondary N) is 1. The summed E-state index contributed by atoms with van der Waals surface area (Å²) in [7, 11) is -1.84. The van der Waals surface area contributed by atoms with Crippen molar-refractivity contribution in [2.45, 2.75) is 24.0 Å². The molecule has 31 heavy (non-hydrogen) atoms. The van der Waals surface area contributed by atoms with Gasteiger partial charge in [0.2, 0.25) is 5.91 Å². The second-order valence-corrected chi connectivity index (χ2v) is 11.6. The highest BCUT2D eigenvalue weighted by Crippen LogP contribution is 2.32. The molecule has 3 heterocycles. The highest BCUT2D eigenvalue weighted by Gasteiger charge is 2.32. The van der Waals surface area contributed by atoms with E-state index in [0.717, 1.165) is 21.9 Å². The molecule has 1 fully saturated rings. The van der Waals surface area contributed by atoms with Crippen molar-refractivity contribution in [3.8, 4) is 17.0 Å². The summed E-state index contributed by atoms with van der Waals surface area (Å²) in [5, 5.41) is 5.23. The molecule has 1 saturated heterocycles. The fourth-order valence-corrected chi connectivity index (χ4v) is 7.02. The number of methoxy groups -OCH3 is 1. The van der Waals surface area contributed by atoms with Crippen LogP contribution in [0.5, 0.6) is 5.75 Å². The zero-order valence-corrected chi connectivity index (χ0v) is 19.6. The number of ether oxygens (including phenoxy) is 1. The van der Waals surface area contributed by atoms with Crippen molar-refractivity contribution >= 4 is 43.7 Å². The standard InChI is InChI=1S/C21H23N3O4S3/c1-14-19(15-5-7-17(28-2)8-6-15)22-21(30-14)23-20(25)16-9-11-24(12-10-16)31(26,27)18-4-3-13-29-18/h3-8,13,16H,9-12H2,1-2H3,(H,22,23,25). The lowest BCUT2D eigenvalue weighted by Gasteiger charge is -2.29. The van der Waals surface area contributed by atoms with Gasteiger partial charge in [-0.25, -0.2) is 13.4 Å². The number of hydrogen-bond donors (Lipinski definition) is 1. The number of nitrogens with zero attached hydrogens (tertiary/aromatic N) is 2. The van der Waals surface area contributed by atoms with Crippen molar-refractivity contribution in [1.82, 2.24) is 9.29 Å². The first kappa shape index (κ1) is 21.9. The summed E-state index contributed by atoms with van der Waals surface area (Å²) in [6.07, 6.45) is 0.984. The van der Waals surface area contributed by atoms with E-state index < -0.39 is 10.0 Å². The third-order valence-electron chi connectivity index (χ3n) is 5.30. The van der Waals surface area contributed by atoms with Crippen molar-refractivity contribution in [1.29, 1.82) is 0 Å². The Hall–Kier alpha value is -2.27. The molecule has 1 amide bonds. The van der Waals surface area contributed by atoms with Crippen molar-refractivity contribution in [3.05, 3.63) is 46.7 Å². The van der Waals surface area contributed by atoms with Gasteiger partial charge in [-0.1, -0.05) is 6.07 Å². The third-order valence-corrected chi connectivity index (χ3v) is 9.46. The van der Waals surface area contributed by atoms with Crippen LogP contribution < -0.4 is 10.1 Å². The van der Waals surface area contributed by atoms with Crippen LogP contribution in [-0.2, 0) is 14.8 Å². The zero-order chi connectivity index (χ0) is 22.0. The minimum Gasteiger partial charge on any atom is -0.497 e. The molecular weight excluding hydrogens is 454 g/mol. The Balaban J connectivity index is 1.38. The van der Waals surface area contributed by atoms with E-state index in [1.54, 1.807) is 24.6 Å². The van der Waals surface area contributed by atoms with Gasteiger partial charge in [-0.05, 0) is 55.5 Å². The molecule has 0 spiro atoms. The minimum absolute atomic E-state index is 0.108. The number of aryl methyl sites for hydroxylation is 1. The average Bonchev–Trinajstić information content (AvgIpc) is 3.44. The van der Waals surface area contributed by atoms with E-state index in [-0.39, 0.29) is 11.8 Å². The number of amides is 1. The Morgan fingerprint density at radius 3 is 2.52 bits per heavy atom. The lowest BCUT2D eigenvalue weighted by atomic mass is 9.97. The predicted molar refractivity (Wildman–Crippen MR) is 123 cm³/mol. The van der Waals surface area contributed by atoms with Crippen LogP contribution in [-0.4, -0.2) is 43.8 Å². The topological polar surface area (TPSA) is 88.6 Å². The Bertz CT molecular complexity index is 1150. The van der Waals surface area contributed by atoms with Gasteiger partial charge in [-0.15, -0.1) is 22.7 Å². The summed E-state index contributed by atoms with van der Waals surface area (Å²) < 4.78 is 32.3. The average molecular weight is 478 g/mol. The van der Waals surface area contributed by atoms with E-state index >= 15 is 0 Å². The smallest absolute Gasteiger partial charge is 0.252 e. The Morgan fingerprint density at radius 1 is 1.19 bits per heavy atom. The number of carbonyl (C=O) groups excluding carboxylic acids is 1. The molecule has 2 aromatic heterocycles. The van der Waals surface area contributed by atoms with Gasteiger partial charge in [0, 0.05) is 29.4 Å². The van der Waals surface area contributed by atoms with Gasteiger partial charge in [0.05, 0.1) is 12.8 Å². The van der Waals surface area contributed by atoms with E-state index in [1.165, 1.54) is 27.0 Å². The fraction of sp³-hybridized carbons (Fsp3) is 0.333. The summed E-state index contributed by atoms with van der Waals surface area (Å²) >= 11 is 2.65. The minimum atomic E-state index is -3.46. The number of anilines is 1. The summed E-state index contributed by atoms with van der Waals surface area (Å²) in [6.45, 7) is 2.65. The maximum atomic E-state index is 12.8. The number of carbonyl (C=O) groups is 1. The van der Waals surface area contributed by atoms with Crippen LogP contribution in [0, 0.1) is 12.8 Å². The first-order chi connectivity index (χ1) is 14.9. The normalized spacial score (nSPS) is 15.7. The molecule has 0 unspecified atom stereocenters. The summed E-state index contributed by atoms with van der Waals surface area (Å²) in [6, 6.07) is 11.0. The van der Waals surface area contributed by atoms with Gasteiger partial charge in [0.1, 0.15) is 9.96 Å². The maximum Gasteiger partial charge on any atom is 0.252 e.